The average molecular weight is 796 g/mol. The topological polar surface area (TPSA) is 113 Å². The highest BCUT2D eigenvalue weighted by atomic mass is 35.5. The van der Waals surface area contributed by atoms with Gasteiger partial charge in [0.05, 0.1) is 34.5 Å². The molecule has 10 nitrogen and oxygen atoms in total. The van der Waals surface area contributed by atoms with Crippen LogP contribution in [0.3, 0.4) is 0 Å². The van der Waals surface area contributed by atoms with Crippen molar-refractivity contribution in [3.63, 3.8) is 0 Å². The van der Waals surface area contributed by atoms with Crippen LogP contribution >= 0.6 is 23.2 Å². The molecule has 0 saturated heterocycles. The van der Waals surface area contributed by atoms with Gasteiger partial charge in [-0.15, -0.1) is 0 Å². The van der Waals surface area contributed by atoms with Crippen molar-refractivity contribution in [3.8, 4) is 0 Å². The van der Waals surface area contributed by atoms with E-state index in [1.807, 2.05) is 102 Å². The quantitative estimate of drug-likeness (QED) is 0.0851. The van der Waals surface area contributed by atoms with Gasteiger partial charge >= 0.3 is 23.9 Å². The SMILES string of the molecule is COC(=O)C1(C(=O)OC)C[C@H]2C(C(=O)OC)(C(=O)OC)C[C@@H](c3cn(Cc4ccccc4)c4ccc(Cl)cc34)[C@]23c2cc(Cl)ccc2N(Cc2ccccc2)[C@H]13. The molecule has 0 bridgehead atoms. The lowest BCUT2D eigenvalue weighted by Crippen LogP contribution is -2.58. The van der Waals surface area contributed by atoms with Gasteiger partial charge in [-0.05, 0) is 83.3 Å². The maximum absolute atomic E-state index is 14.7. The fourth-order valence-corrected chi connectivity index (χ4v) is 11.0. The molecule has 5 aromatic rings. The zero-order valence-electron chi connectivity index (χ0n) is 31.3. The Kier molecular flexibility index (Phi) is 9.40. The van der Waals surface area contributed by atoms with E-state index in [0.717, 1.165) is 27.6 Å². The molecule has 0 amide bonds. The third-order valence-electron chi connectivity index (χ3n) is 12.6. The number of methoxy groups -OCH3 is 4. The first-order valence-corrected chi connectivity index (χ1v) is 19.0. The van der Waals surface area contributed by atoms with Crippen LogP contribution in [0.5, 0.6) is 0 Å². The normalized spacial score (nSPS) is 22.5. The van der Waals surface area contributed by atoms with Crippen LogP contribution in [-0.4, -0.2) is 62.9 Å². The fourth-order valence-electron chi connectivity index (χ4n) is 10.7. The molecule has 1 aliphatic heterocycles. The predicted molar refractivity (Wildman–Crippen MR) is 210 cm³/mol. The fraction of sp³-hybridized carbons (Fsp3) is 0.318. The number of fused-ring (bicyclic) bond motifs is 2. The second-order valence-corrected chi connectivity index (χ2v) is 15.8. The Hall–Kier alpha value is -5.32. The summed E-state index contributed by atoms with van der Waals surface area (Å²) in [6, 6.07) is 29.7. The summed E-state index contributed by atoms with van der Waals surface area (Å²) in [5.74, 6) is -5.17. The van der Waals surface area contributed by atoms with E-state index >= 15 is 0 Å². The number of halogens is 2. The molecule has 2 saturated carbocycles. The number of aromatic nitrogens is 1. The minimum Gasteiger partial charge on any atom is -0.468 e. The van der Waals surface area contributed by atoms with Crippen molar-refractivity contribution in [1.29, 1.82) is 0 Å². The van der Waals surface area contributed by atoms with Crippen molar-refractivity contribution in [3.05, 3.63) is 136 Å². The number of hydrogen-bond donors (Lipinski definition) is 0. The molecule has 12 heteroatoms. The zero-order valence-corrected chi connectivity index (χ0v) is 32.8. The van der Waals surface area contributed by atoms with E-state index in [-0.39, 0.29) is 19.4 Å². The maximum Gasteiger partial charge on any atom is 0.325 e. The summed E-state index contributed by atoms with van der Waals surface area (Å²) in [4.78, 5) is 60.7. The predicted octanol–water partition coefficient (Wildman–Crippen LogP) is 7.50. The molecule has 1 spiro atoms. The maximum atomic E-state index is 14.7. The number of nitrogens with zero attached hydrogens (tertiary/aromatic N) is 2. The molecule has 2 heterocycles. The van der Waals surface area contributed by atoms with Gasteiger partial charge in [-0.1, -0.05) is 83.9 Å². The van der Waals surface area contributed by atoms with Crippen LogP contribution in [0.4, 0.5) is 5.69 Å². The highest BCUT2D eigenvalue weighted by molar-refractivity contribution is 6.31. The number of anilines is 1. The van der Waals surface area contributed by atoms with Crippen LogP contribution < -0.4 is 4.90 Å². The molecule has 4 atom stereocenters. The van der Waals surface area contributed by atoms with Crippen LogP contribution in [0.25, 0.3) is 10.9 Å². The Bertz CT molecular complexity index is 2350. The first kappa shape index (κ1) is 37.6. The molecular formula is C44H40Cl2N2O8. The minimum absolute atomic E-state index is 0.0754. The molecule has 0 unspecified atom stereocenters. The molecule has 0 radical (unpaired) electrons. The van der Waals surface area contributed by atoms with Crippen LogP contribution in [0.15, 0.2) is 103 Å². The molecule has 4 aromatic carbocycles. The molecule has 2 aliphatic carbocycles. The van der Waals surface area contributed by atoms with Gasteiger partial charge in [-0.25, -0.2) is 0 Å². The third kappa shape index (κ3) is 5.14. The minimum atomic E-state index is -2.04. The van der Waals surface area contributed by atoms with E-state index in [1.165, 1.54) is 28.4 Å². The summed E-state index contributed by atoms with van der Waals surface area (Å²) in [5.41, 5.74) is -0.455. The Labute approximate surface area is 334 Å². The number of benzene rings is 4. The zero-order chi connectivity index (χ0) is 39.6. The third-order valence-corrected chi connectivity index (χ3v) is 13.1. The van der Waals surface area contributed by atoms with Crippen molar-refractivity contribution in [2.75, 3.05) is 33.3 Å². The summed E-state index contributed by atoms with van der Waals surface area (Å²) in [6.07, 6.45) is 1.67. The molecule has 8 rings (SSSR count). The largest absolute Gasteiger partial charge is 0.468 e. The molecule has 0 N–H and O–H groups in total. The van der Waals surface area contributed by atoms with Gasteiger partial charge in [-0.3, -0.25) is 19.2 Å². The summed E-state index contributed by atoms with van der Waals surface area (Å²) in [5, 5.41) is 1.67. The van der Waals surface area contributed by atoms with E-state index in [9.17, 15) is 19.2 Å². The van der Waals surface area contributed by atoms with Crippen LogP contribution in [0, 0.1) is 16.7 Å². The monoisotopic (exact) mass is 794 g/mol. The number of carbonyl (C=O) groups is 4. The van der Waals surface area contributed by atoms with Gasteiger partial charge in [0.2, 0.25) is 0 Å². The Morgan fingerprint density at radius 2 is 1.20 bits per heavy atom. The standard InChI is InChI=1S/C44H40Cl2N2O8/c1-53-38(49)42(39(50)54-2)21-33(31-25-47(23-26-11-7-5-8-12-26)34-17-15-28(45)19-30(31)34)44-32-20-29(46)16-18-35(32)48(24-27-13-9-6-10-14-27)37(44)43(22-36(42)44,40(51)55-3)41(52)56-4/h5-20,25,33,36-37H,21-24H2,1-4H3/t33-,36-,37+,44+/m0/s1. The van der Waals surface area contributed by atoms with Gasteiger partial charge in [0.15, 0.2) is 10.8 Å². The summed E-state index contributed by atoms with van der Waals surface area (Å²) < 4.78 is 24.3. The van der Waals surface area contributed by atoms with E-state index in [2.05, 4.69) is 4.57 Å². The lowest BCUT2D eigenvalue weighted by Gasteiger charge is -2.43. The molecule has 56 heavy (non-hydrogen) atoms. The molecule has 3 aliphatic rings. The van der Waals surface area contributed by atoms with Gasteiger partial charge in [0, 0.05) is 51.3 Å². The highest BCUT2D eigenvalue weighted by Crippen LogP contribution is 2.77. The van der Waals surface area contributed by atoms with E-state index in [4.69, 9.17) is 42.1 Å². The van der Waals surface area contributed by atoms with Crippen molar-refractivity contribution < 1.29 is 38.1 Å². The van der Waals surface area contributed by atoms with Crippen molar-refractivity contribution in [2.24, 2.45) is 16.7 Å². The molecule has 288 valence electrons. The second-order valence-electron chi connectivity index (χ2n) is 14.9. The molecule has 1 aromatic heterocycles. The average Bonchev–Trinajstić information content (AvgIpc) is 3.91. The van der Waals surface area contributed by atoms with E-state index < -0.39 is 58.0 Å². The summed E-state index contributed by atoms with van der Waals surface area (Å²) in [6.45, 7) is 0.754. The highest BCUT2D eigenvalue weighted by Gasteiger charge is 2.85. The van der Waals surface area contributed by atoms with Crippen LogP contribution in [0.2, 0.25) is 10.0 Å². The summed E-state index contributed by atoms with van der Waals surface area (Å²) in [7, 11) is 4.89. The van der Waals surface area contributed by atoms with Gasteiger partial charge in [0.1, 0.15) is 0 Å². The number of ether oxygens (including phenoxy) is 4. The van der Waals surface area contributed by atoms with Gasteiger partial charge in [-0.2, -0.15) is 0 Å². The van der Waals surface area contributed by atoms with Gasteiger partial charge in [0.25, 0.3) is 0 Å². The van der Waals surface area contributed by atoms with Crippen LogP contribution in [0.1, 0.15) is 41.0 Å². The first-order chi connectivity index (χ1) is 27.0. The first-order valence-electron chi connectivity index (χ1n) is 18.3. The lowest BCUT2D eigenvalue weighted by atomic mass is 9.62. The van der Waals surface area contributed by atoms with E-state index in [1.54, 1.807) is 6.07 Å². The van der Waals surface area contributed by atoms with E-state index in [0.29, 0.717) is 27.8 Å². The molecule has 2 fully saturated rings. The van der Waals surface area contributed by atoms with Crippen LogP contribution in [-0.2, 0) is 56.6 Å². The smallest absolute Gasteiger partial charge is 0.325 e. The number of carbonyl (C=O) groups excluding carboxylic acids is 4. The number of esters is 4. The van der Waals surface area contributed by atoms with Gasteiger partial charge < -0.3 is 28.4 Å². The Balaban J connectivity index is 1.52. The van der Waals surface area contributed by atoms with Crippen molar-refractivity contribution in [1.82, 2.24) is 4.57 Å². The lowest BCUT2D eigenvalue weighted by molar-refractivity contribution is -0.177. The second kappa shape index (κ2) is 14.0. The van der Waals surface area contributed by atoms with Crippen molar-refractivity contribution >= 4 is 63.7 Å². The number of hydrogen-bond acceptors (Lipinski definition) is 9. The number of rotatable bonds is 9. The Morgan fingerprint density at radius 1 is 0.661 bits per heavy atom. The Morgan fingerprint density at radius 3 is 1.79 bits per heavy atom. The van der Waals surface area contributed by atoms with Crippen molar-refractivity contribution in [2.45, 2.75) is 43.3 Å². The summed E-state index contributed by atoms with van der Waals surface area (Å²) >= 11 is 13.7. The molecular weight excluding hydrogens is 755 g/mol.